The summed E-state index contributed by atoms with van der Waals surface area (Å²) in [5.74, 6) is 0.0859. The maximum atomic E-state index is 13.3. The summed E-state index contributed by atoms with van der Waals surface area (Å²) in [7, 11) is -3.67. The van der Waals surface area contributed by atoms with E-state index < -0.39 is 9.84 Å². The van der Waals surface area contributed by atoms with E-state index in [-0.39, 0.29) is 22.9 Å². The smallest absolute Gasteiger partial charge is 0.228 e. The molecule has 0 amide bonds. The number of nitrogens with one attached hydrogen (secondary N) is 1. The Morgan fingerprint density at radius 1 is 1.42 bits per heavy atom. The van der Waals surface area contributed by atoms with Crippen molar-refractivity contribution in [2.24, 2.45) is 5.92 Å². The fraction of sp³-hybridized carbons (Fsp3) is 0.565. The van der Waals surface area contributed by atoms with E-state index in [2.05, 4.69) is 29.0 Å². The molecule has 1 aliphatic heterocycles. The minimum atomic E-state index is -3.67. The number of rotatable bonds is 10. The zero-order chi connectivity index (χ0) is 24.0. The predicted octanol–water partition coefficient (Wildman–Crippen LogP) is 4.04. The molecule has 0 saturated carbocycles. The molecule has 1 fully saturated rings. The van der Waals surface area contributed by atoms with Gasteiger partial charge in [0, 0.05) is 31.3 Å². The van der Waals surface area contributed by atoms with Crippen molar-refractivity contribution in [1.82, 2.24) is 19.8 Å². The second-order valence-electron chi connectivity index (χ2n) is 8.78. The SMILES string of the molecule is CCNC(=S)N(Cc1cnc(S(=O)(=O)Cc2cccc(Cl)c2)n1CC(C)C)CC1CCCO1. The first-order chi connectivity index (χ1) is 15.7. The highest BCUT2D eigenvalue weighted by molar-refractivity contribution is 7.90. The number of hydrogen-bond donors (Lipinski definition) is 1. The largest absolute Gasteiger partial charge is 0.376 e. The number of benzene rings is 1. The molecule has 1 N–H and O–H groups in total. The van der Waals surface area contributed by atoms with Gasteiger partial charge in [0.15, 0.2) is 5.11 Å². The van der Waals surface area contributed by atoms with Crippen LogP contribution in [0.15, 0.2) is 35.6 Å². The van der Waals surface area contributed by atoms with Gasteiger partial charge in [-0.15, -0.1) is 0 Å². The second kappa shape index (κ2) is 11.6. The molecule has 1 aromatic carbocycles. The molecule has 0 bridgehead atoms. The number of ether oxygens (including phenoxy) is 1. The molecule has 0 spiro atoms. The Bertz CT molecular complexity index is 1050. The van der Waals surface area contributed by atoms with Gasteiger partial charge in [0.2, 0.25) is 15.0 Å². The zero-order valence-corrected chi connectivity index (χ0v) is 21.8. The van der Waals surface area contributed by atoms with Crippen LogP contribution in [0.1, 0.15) is 44.9 Å². The zero-order valence-electron chi connectivity index (χ0n) is 19.5. The van der Waals surface area contributed by atoms with Crippen molar-refractivity contribution in [2.75, 3.05) is 19.7 Å². The first-order valence-corrected chi connectivity index (χ1v) is 13.8. The summed E-state index contributed by atoms with van der Waals surface area (Å²) in [4.78, 5) is 6.42. The van der Waals surface area contributed by atoms with Gasteiger partial charge in [0.05, 0.1) is 30.3 Å². The Hall–Kier alpha value is -1.68. The fourth-order valence-corrected chi connectivity index (χ4v) is 5.93. The predicted molar refractivity (Wildman–Crippen MR) is 135 cm³/mol. The average molecular weight is 513 g/mol. The molecule has 1 atom stereocenters. The van der Waals surface area contributed by atoms with Crippen molar-refractivity contribution >= 4 is 38.8 Å². The molecule has 182 valence electrons. The molecular weight excluding hydrogens is 480 g/mol. The summed E-state index contributed by atoms with van der Waals surface area (Å²) in [6.07, 6.45) is 3.82. The third-order valence-corrected chi connectivity index (χ3v) is 7.62. The number of nitrogens with zero attached hydrogens (tertiary/aromatic N) is 3. The summed E-state index contributed by atoms with van der Waals surface area (Å²) in [5.41, 5.74) is 1.45. The quantitative estimate of drug-likeness (QED) is 0.481. The van der Waals surface area contributed by atoms with E-state index in [1.54, 1.807) is 30.5 Å². The minimum Gasteiger partial charge on any atom is -0.376 e. The Kier molecular flexibility index (Phi) is 9.15. The molecule has 1 aliphatic rings. The summed E-state index contributed by atoms with van der Waals surface area (Å²) in [6.45, 7) is 9.26. The number of hydrogen-bond acceptors (Lipinski definition) is 5. The van der Waals surface area contributed by atoms with Gasteiger partial charge >= 0.3 is 0 Å². The Morgan fingerprint density at radius 3 is 2.85 bits per heavy atom. The lowest BCUT2D eigenvalue weighted by Gasteiger charge is -2.28. The van der Waals surface area contributed by atoms with Crippen molar-refractivity contribution in [2.45, 2.75) is 63.7 Å². The summed E-state index contributed by atoms with van der Waals surface area (Å²) in [6, 6.07) is 6.92. The highest BCUT2D eigenvalue weighted by Crippen LogP contribution is 2.22. The van der Waals surface area contributed by atoms with Crippen LogP contribution in [0.5, 0.6) is 0 Å². The van der Waals surface area contributed by atoms with Crippen molar-refractivity contribution in [3.63, 3.8) is 0 Å². The molecule has 0 aliphatic carbocycles. The Labute approximate surface area is 207 Å². The van der Waals surface area contributed by atoms with Gasteiger partial charge in [-0.05, 0) is 55.6 Å². The van der Waals surface area contributed by atoms with Gasteiger partial charge in [0.25, 0.3) is 0 Å². The van der Waals surface area contributed by atoms with E-state index in [1.807, 2.05) is 11.5 Å². The van der Waals surface area contributed by atoms with Crippen LogP contribution in [-0.4, -0.2) is 53.8 Å². The third kappa shape index (κ3) is 7.15. The van der Waals surface area contributed by atoms with Crippen molar-refractivity contribution in [1.29, 1.82) is 0 Å². The van der Waals surface area contributed by atoms with E-state index >= 15 is 0 Å². The molecule has 1 aromatic heterocycles. The van der Waals surface area contributed by atoms with Crippen molar-refractivity contribution in [3.05, 3.63) is 46.7 Å². The van der Waals surface area contributed by atoms with Gasteiger partial charge in [-0.3, -0.25) is 0 Å². The first kappa shape index (κ1) is 25.9. The van der Waals surface area contributed by atoms with E-state index in [9.17, 15) is 8.42 Å². The maximum absolute atomic E-state index is 13.3. The topological polar surface area (TPSA) is 76.5 Å². The molecule has 2 aromatic rings. The van der Waals surface area contributed by atoms with Crippen molar-refractivity contribution in [3.8, 4) is 0 Å². The highest BCUT2D eigenvalue weighted by atomic mass is 35.5. The summed E-state index contributed by atoms with van der Waals surface area (Å²) >= 11 is 11.7. The van der Waals surface area contributed by atoms with E-state index in [1.165, 1.54) is 0 Å². The minimum absolute atomic E-state index is 0.0811. The van der Waals surface area contributed by atoms with Crippen LogP contribution in [-0.2, 0) is 33.4 Å². The van der Waals surface area contributed by atoms with E-state index in [0.29, 0.717) is 41.9 Å². The third-order valence-electron chi connectivity index (χ3n) is 5.39. The van der Waals surface area contributed by atoms with Crippen LogP contribution in [0, 0.1) is 5.92 Å². The summed E-state index contributed by atoms with van der Waals surface area (Å²) < 4.78 is 34.3. The molecule has 1 saturated heterocycles. The molecule has 33 heavy (non-hydrogen) atoms. The van der Waals surface area contributed by atoms with Crippen LogP contribution in [0.2, 0.25) is 5.02 Å². The number of aromatic nitrogens is 2. The number of halogens is 1. The second-order valence-corrected chi connectivity index (χ2v) is 11.5. The van der Waals surface area contributed by atoms with Crippen LogP contribution < -0.4 is 5.32 Å². The van der Waals surface area contributed by atoms with Crippen LogP contribution in [0.3, 0.4) is 0 Å². The lowest BCUT2D eigenvalue weighted by Crippen LogP contribution is -2.43. The molecule has 3 rings (SSSR count). The average Bonchev–Trinajstić information content (AvgIpc) is 3.37. The monoisotopic (exact) mass is 512 g/mol. The number of thiocarbonyl (C=S) groups is 1. The molecule has 1 unspecified atom stereocenters. The van der Waals surface area contributed by atoms with Gasteiger partial charge < -0.3 is 19.5 Å². The number of imidazole rings is 1. The lowest BCUT2D eigenvalue weighted by atomic mass is 10.2. The van der Waals surface area contributed by atoms with Gasteiger partial charge in [-0.2, -0.15) is 0 Å². The Balaban J connectivity index is 1.90. The number of sulfone groups is 1. The highest BCUT2D eigenvalue weighted by Gasteiger charge is 2.27. The van der Waals surface area contributed by atoms with Crippen LogP contribution in [0.4, 0.5) is 0 Å². The maximum Gasteiger partial charge on any atom is 0.228 e. The van der Waals surface area contributed by atoms with Gasteiger partial charge in [-0.25, -0.2) is 13.4 Å². The van der Waals surface area contributed by atoms with E-state index in [4.69, 9.17) is 28.6 Å². The first-order valence-electron chi connectivity index (χ1n) is 11.4. The molecule has 0 radical (unpaired) electrons. The van der Waals surface area contributed by atoms with Crippen LogP contribution >= 0.6 is 23.8 Å². The standard InChI is InChI=1S/C23H33ClN4O3S2/c1-4-25-22(32)27(15-21-9-6-10-31-21)14-20-12-26-23(28(20)13-17(2)3)33(29,30)16-18-7-5-8-19(24)11-18/h5,7-8,11-12,17,21H,4,6,9-10,13-16H2,1-3H3,(H,25,32). The summed E-state index contributed by atoms with van der Waals surface area (Å²) in [5, 5.41) is 4.44. The van der Waals surface area contributed by atoms with Crippen LogP contribution in [0.25, 0.3) is 0 Å². The molecule has 10 heteroatoms. The molecule has 7 nitrogen and oxygen atoms in total. The fourth-order valence-electron chi connectivity index (χ4n) is 3.95. The Morgan fingerprint density at radius 2 is 2.21 bits per heavy atom. The normalized spacial score (nSPS) is 16.3. The van der Waals surface area contributed by atoms with Crippen molar-refractivity contribution < 1.29 is 13.2 Å². The lowest BCUT2D eigenvalue weighted by molar-refractivity contribution is 0.0892. The molecular formula is C23H33ClN4O3S2. The van der Waals surface area contributed by atoms with Gasteiger partial charge in [-0.1, -0.05) is 37.6 Å². The van der Waals surface area contributed by atoms with E-state index in [0.717, 1.165) is 25.1 Å². The van der Waals surface area contributed by atoms with Gasteiger partial charge in [0.1, 0.15) is 0 Å². The molecule has 2 heterocycles.